The van der Waals surface area contributed by atoms with Crippen molar-refractivity contribution in [1.29, 1.82) is 5.26 Å². The van der Waals surface area contributed by atoms with E-state index in [1.165, 1.54) is 23.2 Å². The zero-order valence-electron chi connectivity index (χ0n) is 10.6. The molecule has 0 radical (unpaired) electrons. The average Bonchev–Trinajstić information content (AvgIpc) is 2.97. The fourth-order valence-electron chi connectivity index (χ4n) is 2.37. The lowest BCUT2D eigenvalue weighted by Crippen LogP contribution is -1.83. The SMILES string of the molecule is N#Cc1c(N=Cc2ccc(O)cc2O)sc2c1CCC2. The zero-order chi connectivity index (χ0) is 14.1. The van der Waals surface area contributed by atoms with Crippen LogP contribution in [-0.2, 0) is 12.8 Å². The van der Waals surface area contributed by atoms with Crippen LogP contribution in [-0.4, -0.2) is 16.4 Å². The summed E-state index contributed by atoms with van der Waals surface area (Å²) in [6.07, 6.45) is 4.61. The zero-order valence-corrected chi connectivity index (χ0v) is 11.4. The van der Waals surface area contributed by atoms with E-state index in [9.17, 15) is 15.5 Å². The largest absolute Gasteiger partial charge is 0.508 e. The Labute approximate surface area is 120 Å². The van der Waals surface area contributed by atoms with Gasteiger partial charge in [0.1, 0.15) is 22.6 Å². The summed E-state index contributed by atoms with van der Waals surface area (Å²) < 4.78 is 0. The summed E-state index contributed by atoms with van der Waals surface area (Å²) in [6.45, 7) is 0. The number of aromatic hydroxyl groups is 2. The second kappa shape index (κ2) is 4.99. The maximum absolute atomic E-state index is 9.70. The summed E-state index contributed by atoms with van der Waals surface area (Å²) in [6, 6.07) is 6.57. The van der Waals surface area contributed by atoms with Crippen LogP contribution in [0.2, 0.25) is 0 Å². The quantitative estimate of drug-likeness (QED) is 0.831. The summed E-state index contributed by atoms with van der Waals surface area (Å²) in [4.78, 5) is 5.58. The van der Waals surface area contributed by atoms with Gasteiger partial charge in [-0.25, -0.2) is 4.99 Å². The first-order valence-electron chi connectivity index (χ1n) is 6.29. The molecule has 20 heavy (non-hydrogen) atoms. The molecule has 1 aromatic carbocycles. The summed E-state index contributed by atoms with van der Waals surface area (Å²) in [5.41, 5.74) is 2.32. The predicted molar refractivity (Wildman–Crippen MR) is 78.1 cm³/mol. The van der Waals surface area contributed by atoms with E-state index >= 15 is 0 Å². The first-order valence-corrected chi connectivity index (χ1v) is 7.11. The van der Waals surface area contributed by atoms with Gasteiger partial charge in [-0.1, -0.05) is 0 Å². The van der Waals surface area contributed by atoms with Crippen LogP contribution in [0.15, 0.2) is 23.2 Å². The molecule has 2 aromatic rings. The molecule has 0 saturated carbocycles. The molecule has 1 heterocycles. The van der Waals surface area contributed by atoms with Gasteiger partial charge in [-0.2, -0.15) is 5.26 Å². The Balaban J connectivity index is 1.95. The van der Waals surface area contributed by atoms with Crippen molar-refractivity contribution in [2.24, 2.45) is 4.99 Å². The van der Waals surface area contributed by atoms with Crippen LogP contribution in [0.1, 0.15) is 28.0 Å². The number of nitrogens with zero attached hydrogens (tertiary/aromatic N) is 2. The van der Waals surface area contributed by atoms with Crippen molar-refractivity contribution < 1.29 is 10.2 Å². The number of nitriles is 1. The molecule has 0 spiro atoms. The van der Waals surface area contributed by atoms with E-state index in [2.05, 4.69) is 11.1 Å². The maximum Gasteiger partial charge on any atom is 0.134 e. The maximum atomic E-state index is 9.70. The van der Waals surface area contributed by atoms with Gasteiger partial charge in [0, 0.05) is 22.7 Å². The van der Waals surface area contributed by atoms with E-state index in [0.29, 0.717) is 16.1 Å². The minimum absolute atomic E-state index is 0.00691. The molecule has 1 aliphatic carbocycles. The Hall–Kier alpha value is -2.32. The number of phenolic OH excluding ortho intramolecular Hbond substituents is 2. The van der Waals surface area contributed by atoms with Crippen molar-refractivity contribution in [2.45, 2.75) is 19.3 Å². The van der Waals surface area contributed by atoms with Gasteiger partial charge in [-0.05, 0) is 37.0 Å². The Bertz CT molecular complexity index is 741. The molecule has 0 atom stereocenters. The highest BCUT2D eigenvalue weighted by atomic mass is 32.1. The van der Waals surface area contributed by atoms with Crippen molar-refractivity contribution in [3.63, 3.8) is 0 Å². The normalized spacial score (nSPS) is 13.6. The Kier molecular flexibility index (Phi) is 3.17. The van der Waals surface area contributed by atoms with Gasteiger partial charge in [0.2, 0.25) is 0 Å². The van der Waals surface area contributed by atoms with Crippen LogP contribution in [0.25, 0.3) is 0 Å². The molecule has 0 amide bonds. The fraction of sp³-hybridized carbons (Fsp3) is 0.200. The first-order chi connectivity index (χ1) is 9.69. The number of rotatable bonds is 2. The Morgan fingerprint density at radius 1 is 1.30 bits per heavy atom. The van der Waals surface area contributed by atoms with Crippen molar-refractivity contribution in [3.8, 4) is 17.6 Å². The van der Waals surface area contributed by atoms with Crippen molar-refractivity contribution in [2.75, 3.05) is 0 Å². The molecular weight excluding hydrogens is 272 g/mol. The molecule has 1 aliphatic rings. The first kappa shape index (κ1) is 12.7. The Morgan fingerprint density at radius 3 is 2.90 bits per heavy atom. The number of fused-ring (bicyclic) bond motifs is 1. The minimum atomic E-state index is -0.0312. The molecule has 0 fully saturated rings. The summed E-state index contributed by atoms with van der Waals surface area (Å²) in [7, 11) is 0. The number of aliphatic imine (C=N–C) groups is 1. The fourth-order valence-corrected chi connectivity index (χ4v) is 3.55. The monoisotopic (exact) mass is 284 g/mol. The molecule has 100 valence electrons. The molecule has 1 aromatic heterocycles. The van der Waals surface area contributed by atoms with E-state index in [4.69, 9.17) is 0 Å². The number of hydrogen-bond acceptors (Lipinski definition) is 5. The highest BCUT2D eigenvalue weighted by Gasteiger charge is 2.21. The Morgan fingerprint density at radius 2 is 2.15 bits per heavy atom. The van der Waals surface area contributed by atoms with Gasteiger partial charge in [0.05, 0.1) is 5.56 Å². The lowest BCUT2D eigenvalue weighted by molar-refractivity contribution is 0.450. The summed E-state index contributed by atoms with van der Waals surface area (Å²) in [5, 5.41) is 28.9. The van der Waals surface area contributed by atoms with Crippen LogP contribution >= 0.6 is 11.3 Å². The van der Waals surface area contributed by atoms with Crippen molar-refractivity contribution in [1.82, 2.24) is 0 Å². The van der Waals surface area contributed by atoms with E-state index < -0.39 is 0 Å². The van der Waals surface area contributed by atoms with Gasteiger partial charge < -0.3 is 10.2 Å². The molecule has 5 heteroatoms. The number of aryl methyl sites for hydroxylation is 1. The molecule has 3 rings (SSSR count). The minimum Gasteiger partial charge on any atom is -0.508 e. The molecule has 0 bridgehead atoms. The number of hydrogen-bond donors (Lipinski definition) is 2. The third kappa shape index (κ3) is 2.15. The lowest BCUT2D eigenvalue weighted by Gasteiger charge is -1.99. The average molecular weight is 284 g/mol. The van der Waals surface area contributed by atoms with E-state index in [1.807, 2.05) is 0 Å². The second-order valence-electron chi connectivity index (χ2n) is 4.65. The van der Waals surface area contributed by atoms with Crippen LogP contribution in [0.4, 0.5) is 5.00 Å². The van der Waals surface area contributed by atoms with Crippen LogP contribution in [0.5, 0.6) is 11.5 Å². The molecule has 4 nitrogen and oxygen atoms in total. The second-order valence-corrected chi connectivity index (χ2v) is 5.73. The van der Waals surface area contributed by atoms with E-state index in [0.717, 1.165) is 24.8 Å². The summed E-state index contributed by atoms with van der Waals surface area (Å²) in [5.74, 6) is -0.0242. The summed E-state index contributed by atoms with van der Waals surface area (Å²) >= 11 is 1.55. The van der Waals surface area contributed by atoms with Gasteiger partial charge in [0.15, 0.2) is 0 Å². The topological polar surface area (TPSA) is 76.6 Å². The van der Waals surface area contributed by atoms with Crippen molar-refractivity contribution in [3.05, 3.63) is 39.8 Å². The molecule has 0 saturated heterocycles. The highest BCUT2D eigenvalue weighted by Crippen LogP contribution is 2.40. The molecule has 0 aliphatic heterocycles. The van der Waals surface area contributed by atoms with Crippen LogP contribution in [0, 0.1) is 11.3 Å². The lowest BCUT2D eigenvalue weighted by atomic mass is 10.1. The predicted octanol–water partition coefficient (Wildman–Crippen LogP) is 3.27. The van der Waals surface area contributed by atoms with Crippen LogP contribution < -0.4 is 0 Å². The van der Waals surface area contributed by atoms with Gasteiger partial charge in [0.25, 0.3) is 0 Å². The number of benzene rings is 1. The van der Waals surface area contributed by atoms with Crippen molar-refractivity contribution >= 4 is 22.6 Å². The smallest absolute Gasteiger partial charge is 0.134 e. The van der Waals surface area contributed by atoms with Gasteiger partial charge in [-0.3, -0.25) is 0 Å². The number of phenols is 2. The molecule has 0 unspecified atom stereocenters. The third-order valence-corrected chi connectivity index (χ3v) is 4.55. The third-order valence-electron chi connectivity index (χ3n) is 3.35. The van der Waals surface area contributed by atoms with Crippen LogP contribution in [0.3, 0.4) is 0 Å². The molecule has 2 N–H and O–H groups in total. The van der Waals surface area contributed by atoms with E-state index in [1.54, 1.807) is 17.4 Å². The standard InChI is InChI=1S/C15H12N2O2S/c16-7-12-11-2-1-3-14(11)20-15(12)17-8-9-4-5-10(18)6-13(9)19/h4-6,8,18-19H,1-3H2. The van der Waals surface area contributed by atoms with Gasteiger partial charge in [-0.15, -0.1) is 11.3 Å². The van der Waals surface area contributed by atoms with Gasteiger partial charge >= 0.3 is 0 Å². The number of thiophene rings is 1. The highest BCUT2D eigenvalue weighted by molar-refractivity contribution is 7.16. The van der Waals surface area contributed by atoms with E-state index in [-0.39, 0.29) is 11.5 Å². The molecular formula is C15H12N2O2S.